The third kappa shape index (κ3) is 3.37. The number of aromatic hydroxyl groups is 1. The number of phenols is 1. The maximum absolute atomic E-state index is 11.1. The predicted octanol–water partition coefficient (Wildman–Crippen LogP) is 2.33. The van der Waals surface area contributed by atoms with Gasteiger partial charge in [0.05, 0.1) is 5.41 Å². The molecule has 0 heterocycles. The zero-order chi connectivity index (χ0) is 13.1. The Kier molecular flexibility index (Phi) is 3.99. The Morgan fingerprint density at radius 2 is 2.06 bits per heavy atom. The number of hydrogen-bond acceptors (Lipinski definition) is 3. The molecular weight excluding hydrogens is 218 g/mol. The molecular formula is C13H19NO3. The Bertz CT molecular complexity index is 401. The summed E-state index contributed by atoms with van der Waals surface area (Å²) < 4.78 is 0. The molecule has 2 N–H and O–H groups in total. The van der Waals surface area contributed by atoms with Gasteiger partial charge in [-0.3, -0.25) is 4.79 Å². The summed E-state index contributed by atoms with van der Waals surface area (Å²) in [7, 11) is 0. The molecule has 94 valence electrons. The number of nitrogens with zero attached hydrogens (tertiary/aromatic N) is 1. The van der Waals surface area contributed by atoms with Crippen molar-refractivity contribution in [1.82, 2.24) is 0 Å². The maximum atomic E-state index is 11.1. The molecule has 0 fully saturated rings. The lowest BCUT2D eigenvalue weighted by Gasteiger charge is -2.30. The molecule has 1 aromatic carbocycles. The van der Waals surface area contributed by atoms with Gasteiger partial charge in [0.1, 0.15) is 5.75 Å². The summed E-state index contributed by atoms with van der Waals surface area (Å²) in [5.74, 6) is -0.634. The molecule has 0 spiro atoms. The number of rotatable bonds is 5. The fraction of sp³-hybridized carbons (Fsp3) is 0.462. The number of carboxylic acid groups (broad SMARTS) is 1. The van der Waals surface area contributed by atoms with Gasteiger partial charge in [0.25, 0.3) is 0 Å². The largest absolute Gasteiger partial charge is 0.508 e. The van der Waals surface area contributed by atoms with Crippen molar-refractivity contribution in [3.05, 3.63) is 24.3 Å². The molecule has 0 saturated carbocycles. The third-order valence-electron chi connectivity index (χ3n) is 2.74. The molecule has 0 aromatic heterocycles. The fourth-order valence-corrected chi connectivity index (χ4v) is 1.62. The van der Waals surface area contributed by atoms with Crippen molar-refractivity contribution < 1.29 is 15.0 Å². The van der Waals surface area contributed by atoms with Gasteiger partial charge in [-0.15, -0.1) is 0 Å². The van der Waals surface area contributed by atoms with Crippen molar-refractivity contribution >= 4 is 11.7 Å². The van der Waals surface area contributed by atoms with E-state index in [-0.39, 0.29) is 5.75 Å². The van der Waals surface area contributed by atoms with Gasteiger partial charge in [0.2, 0.25) is 0 Å². The van der Waals surface area contributed by atoms with E-state index in [1.54, 1.807) is 32.0 Å². The minimum Gasteiger partial charge on any atom is -0.508 e. The summed E-state index contributed by atoms with van der Waals surface area (Å²) in [5.41, 5.74) is 0.0170. The Balaban J connectivity index is 2.90. The Morgan fingerprint density at radius 1 is 1.41 bits per heavy atom. The average molecular weight is 237 g/mol. The summed E-state index contributed by atoms with van der Waals surface area (Å²) in [4.78, 5) is 13.0. The summed E-state index contributed by atoms with van der Waals surface area (Å²) in [6.07, 6.45) is 0. The van der Waals surface area contributed by atoms with Crippen LogP contribution in [0.25, 0.3) is 0 Å². The first-order chi connectivity index (χ1) is 7.86. The highest BCUT2D eigenvalue weighted by Crippen LogP contribution is 2.24. The van der Waals surface area contributed by atoms with E-state index in [1.807, 2.05) is 17.9 Å². The van der Waals surface area contributed by atoms with Gasteiger partial charge < -0.3 is 15.1 Å². The number of phenolic OH excluding ortho intramolecular Hbond substituents is 1. The van der Waals surface area contributed by atoms with Crippen molar-refractivity contribution in [2.24, 2.45) is 5.41 Å². The van der Waals surface area contributed by atoms with Crippen LogP contribution in [0.4, 0.5) is 5.69 Å². The van der Waals surface area contributed by atoms with Gasteiger partial charge in [-0.05, 0) is 32.9 Å². The number of anilines is 1. The minimum atomic E-state index is -0.823. The van der Waals surface area contributed by atoms with Crippen LogP contribution in [0.5, 0.6) is 5.75 Å². The van der Waals surface area contributed by atoms with E-state index in [4.69, 9.17) is 5.11 Å². The molecule has 0 unspecified atom stereocenters. The number of carboxylic acids is 1. The first kappa shape index (κ1) is 13.4. The highest BCUT2D eigenvalue weighted by atomic mass is 16.4. The molecule has 0 aliphatic carbocycles. The Labute approximate surface area is 101 Å². The Morgan fingerprint density at radius 3 is 2.53 bits per heavy atom. The lowest BCUT2D eigenvalue weighted by Crippen LogP contribution is -2.39. The number of aliphatic carboxylic acids is 1. The topological polar surface area (TPSA) is 60.8 Å². The van der Waals surface area contributed by atoms with E-state index in [2.05, 4.69) is 0 Å². The summed E-state index contributed by atoms with van der Waals surface area (Å²) in [6.45, 7) is 6.45. The molecule has 17 heavy (non-hydrogen) atoms. The molecule has 0 bridgehead atoms. The highest BCUT2D eigenvalue weighted by molar-refractivity contribution is 5.74. The smallest absolute Gasteiger partial charge is 0.310 e. The van der Waals surface area contributed by atoms with E-state index in [1.165, 1.54) is 0 Å². The second-order valence-electron chi connectivity index (χ2n) is 4.72. The van der Waals surface area contributed by atoms with Crippen LogP contribution in [0.15, 0.2) is 24.3 Å². The first-order valence-electron chi connectivity index (χ1n) is 5.64. The molecule has 0 saturated heterocycles. The monoisotopic (exact) mass is 237 g/mol. The first-order valence-corrected chi connectivity index (χ1v) is 5.64. The SMILES string of the molecule is CCN(CC(C)(C)C(=O)O)c1cccc(O)c1. The molecule has 1 rings (SSSR count). The standard InChI is InChI=1S/C13H19NO3/c1-4-14(9-13(2,3)12(16)17)10-6-5-7-11(15)8-10/h5-8,15H,4,9H2,1-3H3,(H,16,17). The molecule has 0 aliphatic rings. The summed E-state index contributed by atoms with van der Waals surface area (Å²) in [6, 6.07) is 6.85. The Hall–Kier alpha value is -1.71. The van der Waals surface area contributed by atoms with Crippen LogP contribution in [0.1, 0.15) is 20.8 Å². The molecule has 4 heteroatoms. The van der Waals surface area contributed by atoms with E-state index in [9.17, 15) is 9.90 Å². The van der Waals surface area contributed by atoms with E-state index >= 15 is 0 Å². The number of benzene rings is 1. The quantitative estimate of drug-likeness (QED) is 0.825. The van der Waals surface area contributed by atoms with Crippen LogP contribution >= 0.6 is 0 Å². The molecule has 0 aliphatic heterocycles. The predicted molar refractivity (Wildman–Crippen MR) is 67.4 cm³/mol. The van der Waals surface area contributed by atoms with Crippen molar-refractivity contribution in [2.45, 2.75) is 20.8 Å². The van der Waals surface area contributed by atoms with Gasteiger partial charge in [-0.2, -0.15) is 0 Å². The van der Waals surface area contributed by atoms with Crippen molar-refractivity contribution in [1.29, 1.82) is 0 Å². The van der Waals surface area contributed by atoms with Gasteiger partial charge in [-0.25, -0.2) is 0 Å². The van der Waals surface area contributed by atoms with Crippen LogP contribution in [0.3, 0.4) is 0 Å². The second-order valence-corrected chi connectivity index (χ2v) is 4.72. The molecule has 4 nitrogen and oxygen atoms in total. The lowest BCUT2D eigenvalue weighted by atomic mass is 9.93. The van der Waals surface area contributed by atoms with Gasteiger partial charge >= 0.3 is 5.97 Å². The molecule has 1 aromatic rings. The van der Waals surface area contributed by atoms with Crippen molar-refractivity contribution in [3.8, 4) is 5.75 Å². The van der Waals surface area contributed by atoms with Gasteiger partial charge in [-0.1, -0.05) is 6.07 Å². The minimum absolute atomic E-state index is 0.189. The normalized spacial score (nSPS) is 11.2. The van der Waals surface area contributed by atoms with E-state index in [0.29, 0.717) is 13.1 Å². The molecule has 0 radical (unpaired) electrons. The maximum Gasteiger partial charge on any atom is 0.310 e. The van der Waals surface area contributed by atoms with E-state index in [0.717, 1.165) is 5.69 Å². The highest BCUT2D eigenvalue weighted by Gasteiger charge is 2.29. The molecule has 0 amide bonds. The molecule has 0 atom stereocenters. The zero-order valence-corrected chi connectivity index (χ0v) is 10.5. The third-order valence-corrected chi connectivity index (χ3v) is 2.74. The van der Waals surface area contributed by atoms with Crippen LogP contribution in [-0.2, 0) is 4.79 Å². The second kappa shape index (κ2) is 5.08. The van der Waals surface area contributed by atoms with Crippen molar-refractivity contribution in [2.75, 3.05) is 18.0 Å². The van der Waals surface area contributed by atoms with Crippen LogP contribution in [0.2, 0.25) is 0 Å². The van der Waals surface area contributed by atoms with Crippen LogP contribution in [-0.4, -0.2) is 29.3 Å². The van der Waals surface area contributed by atoms with Crippen molar-refractivity contribution in [3.63, 3.8) is 0 Å². The number of carbonyl (C=O) groups is 1. The summed E-state index contributed by atoms with van der Waals surface area (Å²) >= 11 is 0. The summed E-state index contributed by atoms with van der Waals surface area (Å²) in [5, 5.41) is 18.5. The fourth-order valence-electron chi connectivity index (χ4n) is 1.62. The van der Waals surface area contributed by atoms with E-state index < -0.39 is 11.4 Å². The van der Waals surface area contributed by atoms with Crippen LogP contribution in [0, 0.1) is 5.41 Å². The zero-order valence-electron chi connectivity index (χ0n) is 10.5. The lowest BCUT2D eigenvalue weighted by molar-refractivity contribution is -0.146. The number of hydrogen-bond donors (Lipinski definition) is 2. The van der Waals surface area contributed by atoms with Gasteiger partial charge in [0, 0.05) is 24.8 Å². The average Bonchev–Trinajstić information content (AvgIpc) is 2.25. The van der Waals surface area contributed by atoms with Gasteiger partial charge in [0.15, 0.2) is 0 Å². The van der Waals surface area contributed by atoms with Crippen LogP contribution < -0.4 is 4.90 Å².